The first-order chi connectivity index (χ1) is 9.91. The number of para-hydroxylation sites is 1. The summed E-state index contributed by atoms with van der Waals surface area (Å²) in [5, 5.41) is 21.0. The number of aliphatic carboxylic acids is 1. The highest BCUT2D eigenvalue weighted by molar-refractivity contribution is 5.97. The van der Waals surface area contributed by atoms with Crippen molar-refractivity contribution < 1.29 is 15.0 Å². The van der Waals surface area contributed by atoms with Crippen molar-refractivity contribution in [2.75, 3.05) is 0 Å². The number of fused-ring (bicyclic) bond motifs is 2. The standard InChI is InChI=1S/C16H14N2O3/c1-16(17,15(20)21)11-6-7-13-10(14(11)19)8-9-4-2-3-5-12(9)18-13/h2-8,19H,17H2,1H3,(H,20,21)/t16-/m1/s1. The Kier molecular flexibility index (Phi) is 2.81. The summed E-state index contributed by atoms with van der Waals surface area (Å²) in [6.45, 7) is 1.35. The highest BCUT2D eigenvalue weighted by Crippen LogP contribution is 2.35. The molecule has 1 heterocycles. The normalized spacial score (nSPS) is 14.2. The van der Waals surface area contributed by atoms with E-state index in [1.807, 2.05) is 24.3 Å². The fourth-order valence-electron chi connectivity index (χ4n) is 2.37. The summed E-state index contributed by atoms with van der Waals surface area (Å²) in [4.78, 5) is 15.7. The van der Waals surface area contributed by atoms with Crippen LogP contribution in [0.15, 0.2) is 42.5 Å². The summed E-state index contributed by atoms with van der Waals surface area (Å²) in [5.74, 6) is -1.34. The van der Waals surface area contributed by atoms with Crippen LogP contribution in [0.1, 0.15) is 12.5 Å². The number of aromatic nitrogens is 1. The Balaban J connectivity index is 2.34. The van der Waals surface area contributed by atoms with Crippen molar-refractivity contribution >= 4 is 27.8 Å². The zero-order valence-electron chi connectivity index (χ0n) is 11.4. The predicted molar refractivity (Wildman–Crippen MR) is 80.1 cm³/mol. The van der Waals surface area contributed by atoms with Gasteiger partial charge in [-0.15, -0.1) is 0 Å². The first-order valence-corrected chi connectivity index (χ1v) is 6.45. The van der Waals surface area contributed by atoms with Crippen LogP contribution in [-0.4, -0.2) is 21.2 Å². The van der Waals surface area contributed by atoms with Gasteiger partial charge in [0.1, 0.15) is 11.3 Å². The van der Waals surface area contributed by atoms with E-state index in [1.54, 1.807) is 12.1 Å². The van der Waals surface area contributed by atoms with Gasteiger partial charge in [0, 0.05) is 16.3 Å². The lowest BCUT2D eigenvalue weighted by molar-refractivity contribution is -0.143. The smallest absolute Gasteiger partial charge is 0.328 e. The molecule has 5 nitrogen and oxygen atoms in total. The van der Waals surface area contributed by atoms with E-state index >= 15 is 0 Å². The minimum Gasteiger partial charge on any atom is -0.507 e. The van der Waals surface area contributed by atoms with Gasteiger partial charge < -0.3 is 15.9 Å². The summed E-state index contributed by atoms with van der Waals surface area (Å²) in [6, 6.07) is 12.5. The Morgan fingerprint density at radius 3 is 2.62 bits per heavy atom. The van der Waals surface area contributed by atoms with Gasteiger partial charge in [0.25, 0.3) is 0 Å². The highest BCUT2D eigenvalue weighted by atomic mass is 16.4. The number of carboxylic acid groups (broad SMARTS) is 1. The fraction of sp³-hybridized carbons (Fsp3) is 0.125. The van der Waals surface area contributed by atoms with Gasteiger partial charge in [-0.3, -0.25) is 0 Å². The molecule has 1 atom stereocenters. The summed E-state index contributed by atoms with van der Waals surface area (Å²) >= 11 is 0. The molecule has 0 saturated heterocycles. The lowest BCUT2D eigenvalue weighted by atomic mass is 9.91. The molecule has 0 saturated carbocycles. The van der Waals surface area contributed by atoms with Crippen LogP contribution in [0.3, 0.4) is 0 Å². The number of nitrogens with two attached hydrogens (primary N) is 1. The second-order valence-electron chi connectivity index (χ2n) is 5.22. The van der Waals surface area contributed by atoms with E-state index in [0.29, 0.717) is 10.9 Å². The van der Waals surface area contributed by atoms with E-state index in [1.165, 1.54) is 13.0 Å². The van der Waals surface area contributed by atoms with Gasteiger partial charge in [-0.25, -0.2) is 9.78 Å². The lowest BCUT2D eigenvalue weighted by Gasteiger charge is -2.21. The Labute approximate surface area is 120 Å². The number of pyridine rings is 1. The minimum atomic E-state index is -1.66. The van der Waals surface area contributed by atoms with Gasteiger partial charge >= 0.3 is 5.97 Å². The number of hydrogen-bond acceptors (Lipinski definition) is 4. The number of nitrogens with zero attached hydrogens (tertiary/aromatic N) is 1. The molecular formula is C16H14N2O3. The third kappa shape index (κ3) is 1.98. The van der Waals surface area contributed by atoms with E-state index in [2.05, 4.69) is 4.98 Å². The van der Waals surface area contributed by atoms with Crippen molar-refractivity contribution in [3.05, 3.63) is 48.0 Å². The molecule has 2 aromatic carbocycles. The Morgan fingerprint density at radius 2 is 1.90 bits per heavy atom. The number of rotatable bonds is 2. The molecule has 106 valence electrons. The topological polar surface area (TPSA) is 96.4 Å². The lowest BCUT2D eigenvalue weighted by Crippen LogP contribution is -2.41. The van der Waals surface area contributed by atoms with Gasteiger partial charge in [-0.1, -0.05) is 24.3 Å². The number of phenolic OH excluding ortho intramolecular Hbond substituents is 1. The van der Waals surface area contributed by atoms with Crippen molar-refractivity contribution in [1.82, 2.24) is 4.98 Å². The molecule has 0 spiro atoms. The van der Waals surface area contributed by atoms with Crippen LogP contribution >= 0.6 is 0 Å². The van der Waals surface area contributed by atoms with Gasteiger partial charge in [-0.05, 0) is 25.1 Å². The number of hydrogen-bond donors (Lipinski definition) is 3. The van der Waals surface area contributed by atoms with E-state index in [-0.39, 0.29) is 11.3 Å². The van der Waals surface area contributed by atoms with Crippen molar-refractivity contribution in [3.63, 3.8) is 0 Å². The molecule has 4 N–H and O–H groups in total. The van der Waals surface area contributed by atoms with Gasteiger partial charge in [0.15, 0.2) is 0 Å². The molecule has 0 fully saturated rings. The van der Waals surface area contributed by atoms with E-state index in [0.717, 1.165) is 10.9 Å². The van der Waals surface area contributed by atoms with E-state index in [4.69, 9.17) is 5.73 Å². The maximum Gasteiger partial charge on any atom is 0.328 e. The average molecular weight is 282 g/mol. The SMILES string of the molecule is C[C@](N)(C(=O)O)c1ccc2nc3ccccc3cc2c1O. The van der Waals surface area contributed by atoms with Crippen LogP contribution < -0.4 is 5.73 Å². The predicted octanol–water partition coefficient (Wildman–Crippen LogP) is 2.35. The third-order valence-electron chi connectivity index (χ3n) is 3.68. The summed E-state index contributed by atoms with van der Waals surface area (Å²) in [5.41, 5.74) is 5.71. The highest BCUT2D eigenvalue weighted by Gasteiger charge is 2.33. The molecule has 0 amide bonds. The zero-order valence-corrected chi connectivity index (χ0v) is 11.4. The molecule has 0 aliphatic rings. The van der Waals surface area contributed by atoms with Crippen molar-refractivity contribution in [1.29, 1.82) is 0 Å². The van der Waals surface area contributed by atoms with Gasteiger partial charge in [-0.2, -0.15) is 0 Å². The van der Waals surface area contributed by atoms with Crippen molar-refractivity contribution in [2.24, 2.45) is 5.73 Å². The minimum absolute atomic E-state index is 0.141. The molecule has 3 aromatic rings. The van der Waals surface area contributed by atoms with Crippen LogP contribution in [0.25, 0.3) is 21.8 Å². The third-order valence-corrected chi connectivity index (χ3v) is 3.68. The number of aromatic hydroxyl groups is 1. The number of carbonyl (C=O) groups is 1. The monoisotopic (exact) mass is 282 g/mol. The number of carboxylic acids is 1. The van der Waals surface area contributed by atoms with E-state index < -0.39 is 11.5 Å². The Bertz CT molecular complexity index is 872. The average Bonchev–Trinajstić information content (AvgIpc) is 2.45. The number of phenols is 1. The molecule has 0 radical (unpaired) electrons. The number of benzene rings is 2. The second-order valence-corrected chi connectivity index (χ2v) is 5.22. The summed E-state index contributed by atoms with van der Waals surface area (Å²) < 4.78 is 0. The molecular weight excluding hydrogens is 268 g/mol. The van der Waals surface area contributed by atoms with E-state index in [9.17, 15) is 15.0 Å². The quantitative estimate of drug-likeness (QED) is 0.627. The zero-order chi connectivity index (χ0) is 15.2. The summed E-state index contributed by atoms with van der Waals surface area (Å²) in [7, 11) is 0. The molecule has 0 aliphatic carbocycles. The molecule has 0 unspecified atom stereocenters. The van der Waals surface area contributed by atoms with Crippen molar-refractivity contribution in [3.8, 4) is 5.75 Å². The van der Waals surface area contributed by atoms with Crippen LogP contribution in [0.5, 0.6) is 5.75 Å². The largest absolute Gasteiger partial charge is 0.507 e. The molecule has 1 aromatic heterocycles. The van der Waals surface area contributed by atoms with Crippen LogP contribution in [0.2, 0.25) is 0 Å². The van der Waals surface area contributed by atoms with Gasteiger partial charge in [0.2, 0.25) is 0 Å². The first-order valence-electron chi connectivity index (χ1n) is 6.45. The fourth-order valence-corrected chi connectivity index (χ4v) is 2.37. The first kappa shape index (κ1) is 13.3. The van der Waals surface area contributed by atoms with Gasteiger partial charge in [0.05, 0.1) is 11.0 Å². The molecule has 5 heteroatoms. The summed E-state index contributed by atoms with van der Waals surface area (Å²) in [6.07, 6.45) is 0. The van der Waals surface area contributed by atoms with Crippen LogP contribution in [0, 0.1) is 0 Å². The van der Waals surface area contributed by atoms with Crippen LogP contribution in [-0.2, 0) is 10.3 Å². The molecule has 3 rings (SSSR count). The maximum atomic E-state index is 11.3. The molecule has 0 aliphatic heterocycles. The van der Waals surface area contributed by atoms with Crippen LogP contribution in [0.4, 0.5) is 0 Å². The maximum absolute atomic E-state index is 11.3. The molecule has 21 heavy (non-hydrogen) atoms. The molecule has 0 bridgehead atoms. The second kappa shape index (κ2) is 4.43. The van der Waals surface area contributed by atoms with Crippen molar-refractivity contribution in [2.45, 2.75) is 12.5 Å². The Hall–Kier alpha value is -2.66. The Morgan fingerprint density at radius 1 is 1.19 bits per heavy atom.